The number of aromatic amines is 1. The number of benzene rings is 3. The molecule has 7 atom stereocenters. The van der Waals surface area contributed by atoms with Gasteiger partial charge in [-0.25, -0.2) is 0 Å². The fraction of sp³-hybridized carbons (Fsp3) is 0.491. The van der Waals surface area contributed by atoms with Crippen LogP contribution in [0.3, 0.4) is 0 Å². The van der Waals surface area contributed by atoms with E-state index in [4.69, 9.17) is 5.73 Å². The molecule has 0 spiro atoms. The van der Waals surface area contributed by atoms with Crippen LogP contribution in [0.15, 0.2) is 72.9 Å². The number of rotatable bonds is 12. The fourth-order valence-electron chi connectivity index (χ4n) is 9.44. The number of unbranched alkanes of at least 4 members (excludes halogenated alkanes) is 1. The number of nitrogens with zero attached hydrogens (tertiary/aromatic N) is 1. The first-order valence-corrected chi connectivity index (χ1v) is 25.2. The van der Waals surface area contributed by atoms with E-state index in [0.717, 1.165) is 33.7 Å². The third kappa shape index (κ3) is 14.6. The molecule has 0 bridgehead atoms. The maximum atomic E-state index is 15.1. The van der Waals surface area contributed by atoms with E-state index < -0.39 is 108 Å². The lowest BCUT2D eigenvalue weighted by atomic mass is 9.95. The Kier molecular flexibility index (Phi) is 19.3. The van der Waals surface area contributed by atoms with Gasteiger partial charge in [0.1, 0.15) is 42.3 Å². The standard InChI is InChI=1S/C53H70N10O9/c1-5-6-18-40(57-32(4)64)48(67)59-42-29-45(65)55-24-13-11-20-39(47(54)66)58-49(68)41(28-36-30-56-38-19-10-9-17-37(36)38)60-51(70)44-21-12-14-25-63(44)53(72)43(61-52(71)46(31(2)3)62-50(42)69)27-33-22-23-34-15-7-8-16-35(34)26-33/h7-10,15-17,19,22-23,26,30-31,39-44,46,56H,5-6,11-14,18,20-21,24-25,27-29H2,1-4H3,(H2,54,66)(H,55,65)(H,57,64)(H,58,68)(H,59,67)(H,60,70)(H,61,71)(H,62,69)/t39-,40-,41-,42-,43+,44+,46-/m0/s1. The summed E-state index contributed by atoms with van der Waals surface area (Å²) in [6.45, 7) is 6.84. The number of piperidine rings is 1. The van der Waals surface area contributed by atoms with E-state index >= 15 is 4.79 Å². The van der Waals surface area contributed by atoms with Gasteiger partial charge in [0.25, 0.3) is 0 Å². The Morgan fingerprint density at radius 3 is 2.24 bits per heavy atom. The van der Waals surface area contributed by atoms with Crippen LogP contribution in [0.5, 0.6) is 0 Å². The van der Waals surface area contributed by atoms with Crippen LogP contribution < -0.4 is 43.0 Å². The molecule has 2 aliphatic heterocycles. The summed E-state index contributed by atoms with van der Waals surface area (Å²) in [4.78, 5) is 130. The van der Waals surface area contributed by atoms with Gasteiger partial charge in [-0.2, -0.15) is 0 Å². The van der Waals surface area contributed by atoms with Crippen molar-refractivity contribution in [1.29, 1.82) is 0 Å². The van der Waals surface area contributed by atoms with E-state index in [9.17, 15) is 38.4 Å². The van der Waals surface area contributed by atoms with E-state index in [0.29, 0.717) is 37.7 Å². The highest BCUT2D eigenvalue weighted by Crippen LogP contribution is 2.24. The molecule has 2 saturated heterocycles. The second-order valence-electron chi connectivity index (χ2n) is 19.3. The monoisotopic (exact) mass is 991 g/mol. The zero-order valence-corrected chi connectivity index (χ0v) is 41.6. The Balaban J connectivity index is 1.37. The normalized spacial score (nSPS) is 22.9. The molecule has 386 valence electrons. The Morgan fingerprint density at radius 2 is 1.50 bits per heavy atom. The number of carbonyl (C=O) groups is 9. The lowest BCUT2D eigenvalue weighted by Gasteiger charge is -2.38. The number of hydrogen-bond donors (Lipinski definition) is 9. The molecular formula is C53H70N10O9. The van der Waals surface area contributed by atoms with Gasteiger partial charge < -0.3 is 52.8 Å². The second kappa shape index (κ2) is 25.7. The fourth-order valence-corrected chi connectivity index (χ4v) is 9.44. The maximum Gasteiger partial charge on any atom is 0.246 e. The van der Waals surface area contributed by atoms with Crippen LogP contribution in [0, 0.1) is 5.92 Å². The number of hydrogen-bond acceptors (Lipinski definition) is 9. The van der Waals surface area contributed by atoms with Gasteiger partial charge in [-0.05, 0) is 78.8 Å². The van der Waals surface area contributed by atoms with E-state index in [1.54, 1.807) is 20.0 Å². The smallest absolute Gasteiger partial charge is 0.246 e. The molecule has 9 amide bonds. The van der Waals surface area contributed by atoms with Crippen molar-refractivity contribution in [3.8, 4) is 0 Å². The highest BCUT2D eigenvalue weighted by molar-refractivity contribution is 5.99. The molecule has 72 heavy (non-hydrogen) atoms. The zero-order valence-electron chi connectivity index (χ0n) is 41.6. The number of fused-ring (bicyclic) bond motifs is 3. The Morgan fingerprint density at radius 1 is 0.778 bits per heavy atom. The summed E-state index contributed by atoms with van der Waals surface area (Å²) in [6, 6.07) is 12.4. The lowest BCUT2D eigenvalue weighted by molar-refractivity contribution is -0.146. The summed E-state index contributed by atoms with van der Waals surface area (Å²) in [5.41, 5.74) is 8.07. The van der Waals surface area contributed by atoms with Crippen LogP contribution in [-0.2, 0) is 56.0 Å². The van der Waals surface area contributed by atoms with Crippen molar-refractivity contribution in [2.45, 2.75) is 147 Å². The van der Waals surface area contributed by atoms with Gasteiger partial charge in [-0.3, -0.25) is 43.2 Å². The second-order valence-corrected chi connectivity index (χ2v) is 19.3. The number of carbonyl (C=O) groups excluding carboxylic acids is 9. The average Bonchev–Trinajstić information content (AvgIpc) is 3.77. The van der Waals surface area contributed by atoms with Crippen molar-refractivity contribution in [2.75, 3.05) is 13.1 Å². The highest BCUT2D eigenvalue weighted by atomic mass is 16.2. The third-order valence-electron chi connectivity index (χ3n) is 13.4. The number of nitrogens with one attached hydrogen (secondary N) is 8. The molecule has 19 heteroatoms. The minimum absolute atomic E-state index is 0.000257. The predicted octanol–water partition coefficient (Wildman–Crippen LogP) is 2.44. The third-order valence-corrected chi connectivity index (χ3v) is 13.4. The first kappa shape index (κ1) is 54.0. The van der Waals surface area contributed by atoms with E-state index in [-0.39, 0.29) is 45.2 Å². The SMILES string of the molecule is CCCC[C@H](NC(C)=O)C(=O)N[C@H]1CC(=O)NCCCC[C@@H](C(N)=O)NC(=O)[C@H](Cc2c[nH]c3ccccc23)NC(=O)[C@H]2CCCCN2C(=O)[C@@H](Cc2ccc3ccccc3c2)NC(=O)[C@H](C(C)C)NC1=O. The highest BCUT2D eigenvalue weighted by Gasteiger charge is 2.40. The van der Waals surface area contributed by atoms with E-state index in [1.807, 2.05) is 73.7 Å². The first-order chi connectivity index (χ1) is 34.5. The Bertz CT molecular complexity index is 2610. The topological polar surface area (TPSA) is 283 Å². The van der Waals surface area contributed by atoms with Gasteiger partial charge >= 0.3 is 0 Å². The van der Waals surface area contributed by atoms with Gasteiger partial charge in [0.2, 0.25) is 53.2 Å². The minimum Gasteiger partial charge on any atom is -0.368 e. The number of aromatic nitrogens is 1. The largest absolute Gasteiger partial charge is 0.368 e. The number of amides is 9. The summed E-state index contributed by atoms with van der Waals surface area (Å²) in [7, 11) is 0. The quantitative estimate of drug-likeness (QED) is 0.101. The summed E-state index contributed by atoms with van der Waals surface area (Å²) < 4.78 is 0. The molecule has 0 unspecified atom stereocenters. The summed E-state index contributed by atoms with van der Waals surface area (Å²) in [5, 5.41) is 22.0. The zero-order chi connectivity index (χ0) is 51.9. The van der Waals surface area contributed by atoms with Gasteiger partial charge in [0.15, 0.2) is 0 Å². The molecule has 0 saturated carbocycles. The predicted molar refractivity (Wildman–Crippen MR) is 271 cm³/mol. The molecule has 19 nitrogen and oxygen atoms in total. The number of para-hydroxylation sites is 1. The van der Waals surface area contributed by atoms with Crippen molar-refractivity contribution in [1.82, 2.24) is 47.1 Å². The van der Waals surface area contributed by atoms with Crippen LogP contribution in [0.4, 0.5) is 0 Å². The maximum absolute atomic E-state index is 15.1. The Hall–Kier alpha value is -7.31. The van der Waals surface area contributed by atoms with Crippen LogP contribution in [0.25, 0.3) is 21.7 Å². The molecule has 4 aromatic rings. The van der Waals surface area contributed by atoms with Crippen molar-refractivity contribution in [3.05, 3.63) is 84.1 Å². The van der Waals surface area contributed by atoms with Crippen LogP contribution in [0.1, 0.15) is 103 Å². The molecule has 2 aliphatic rings. The van der Waals surface area contributed by atoms with Crippen LogP contribution in [0.2, 0.25) is 0 Å². The number of nitrogens with two attached hydrogens (primary N) is 1. The van der Waals surface area contributed by atoms with Crippen LogP contribution >= 0.6 is 0 Å². The molecule has 1 aromatic heterocycles. The molecule has 0 radical (unpaired) electrons. The number of primary amides is 1. The lowest BCUT2D eigenvalue weighted by Crippen LogP contribution is -2.62. The molecule has 10 N–H and O–H groups in total. The molecule has 3 aromatic carbocycles. The number of H-pyrrole nitrogens is 1. The van der Waals surface area contributed by atoms with Gasteiger partial charge in [-0.15, -0.1) is 0 Å². The average molecular weight is 991 g/mol. The molecule has 6 rings (SSSR count). The van der Waals surface area contributed by atoms with E-state index in [1.165, 1.54) is 11.8 Å². The summed E-state index contributed by atoms with van der Waals surface area (Å²) >= 11 is 0. The van der Waals surface area contributed by atoms with Gasteiger partial charge in [-0.1, -0.05) is 94.3 Å². The van der Waals surface area contributed by atoms with Gasteiger partial charge in [0, 0.05) is 50.0 Å². The van der Waals surface area contributed by atoms with Crippen molar-refractivity contribution >= 4 is 74.8 Å². The van der Waals surface area contributed by atoms with Gasteiger partial charge in [0.05, 0.1) is 6.42 Å². The van der Waals surface area contributed by atoms with Crippen molar-refractivity contribution in [2.24, 2.45) is 11.7 Å². The molecule has 3 heterocycles. The van der Waals surface area contributed by atoms with Crippen molar-refractivity contribution in [3.63, 3.8) is 0 Å². The molecule has 2 fully saturated rings. The van der Waals surface area contributed by atoms with Crippen molar-refractivity contribution < 1.29 is 43.2 Å². The summed E-state index contributed by atoms with van der Waals surface area (Å²) in [5.74, 6) is -6.55. The van der Waals surface area contributed by atoms with Crippen LogP contribution in [-0.4, -0.2) is 118 Å². The van der Waals surface area contributed by atoms with E-state index in [2.05, 4.69) is 42.2 Å². The Labute approximate surface area is 419 Å². The molecular weight excluding hydrogens is 921 g/mol. The minimum atomic E-state index is -1.50. The summed E-state index contributed by atoms with van der Waals surface area (Å²) in [6.07, 6.45) is 4.94. The first-order valence-electron chi connectivity index (χ1n) is 25.2. The molecule has 0 aliphatic carbocycles.